The Labute approximate surface area is 112 Å². The van der Waals surface area contributed by atoms with E-state index in [9.17, 15) is 4.39 Å². The Balaban J connectivity index is 1.99. The summed E-state index contributed by atoms with van der Waals surface area (Å²) in [5, 5.41) is 0. The van der Waals surface area contributed by atoms with Crippen molar-refractivity contribution < 1.29 is 4.39 Å². The second kappa shape index (κ2) is 4.53. The zero-order chi connectivity index (χ0) is 12.5. The van der Waals surface area contributed by atoms with Crippen molar-refractivity contribution in [3.05, 3.63) is 64.6 Å². The highest BCUT2D eigenvalue weighted by Gasteiger charge is 2.03. The summed E-state index contributed by atoms with van der Waals surface area (Å²) in [5.41, 5.74) is 3.09. The van der Waals surface area contributed by atoms with Gasteiger partial charge >= 0.3 is 0 Å². The summed E-state index contributed by atoms with van der Waals surface area (Å²) in [6.45, 7) is 0.710. The number of halogens is 2. The van der Waals surface area contributed by atoms with Crippen LogP contribution in [0, 0.1) is 5.82 Å². The first-order valence-corrected chi connectivity index (χ1v) is 6.36. The van der Waals surface area contributed by atoms with E-state index in [1.54, 1.807) is 18.3 Å². The van der Waals surface area contributed by atoms with E-state index in [4.69, 9.17) is 0 Å². The summed E-state index contributed by atoms with van der Waals surface area (Å²) < 4.78 is 15.9. The number of hydrogen-bond donors (Lipinski definition) is 0. The molecule has 0 aliphatic rings. The van der Waals surface area contributed by atoms with Crippen LogP contribution >= 0.6 is 15.9 Å². The van der Waals surface area contributed by atoms with Crippen LogP contribution in [0.15, 0.2) is 53.3 Å². The van der Waals surface area contributed by atoms with E-state index in [1.165, 1.54) is 12.1 Å². The number of benzene rings is 1. The van der Waals surface area contributed by atoms with Crippen molar-refractivity contribution in [2.45, 2.75) is 6.54 Å². The number of hydrogen-bond acceptors (Lipinski definition) is 1. The van der Waals surface area contributed by atoms with Crippen LogP contribution in [0.3, 0.4) is 0 Å². The van der Waals surface area contributed by atoms with Crippen LogP contribution in [0.4, 0.5) is 4.39 Å². The fraction of sp³-hybridized carbons (Fsp3) is 0.0714. The molecule has 0 saturated heterocycles. The molecule has 0 bridgehead atoms. The number of pyridine rings is 1. The molecule has 2 heterocycles. The number of nitrogens with zero attached hydrogens (tertiary/aromatic N) is 2. The van der Waals surface area contributed by atoms with Gasteiger partial charge in [0.2, 0.25) is 0 Å². The predicted molar refractivity (Wildman–Crippen MR) is 72.9 cm³/mol. The molecule has 0 unspecified atom stereocenters. The molecule has 0 saturated carbocycles. The third-order valence-corrected chi connectivity index (χ3v) is 3.29. The second-order valence-electron chi connectivity index (χ2n) is 4.13. The van der Waals surface area contributed by atoms with Gasteiger partial charge in [0.1, 0.15) is 5.82 Å². The lowest BCUT2D eigenvalue weighted by molar-refractivity contribution is 0.626. The van der Waals surface area contributed by atoms with E-state index >= 15 is 0 Å². The molecule has 3 aromatic rings. The van der Waals surface area contributed by atoms with Gasteiger partial charge in [0.25, 0.3) is 0 Å². The Hall–Kier alpha value is -1.68. The Morgan fingerprint density at radius 3 is 2.72 bits per heavy atom. The summed E-state index contributed by atoms with van der Waals surface area (Å²) in [4.78, 5) is 4.33. The molecule has 0 aliphatic heterocycles. The second-order valence-corrected chi connectivity index (χ2v) is 5.04. The first-order chi connectivity index (χ1) is 8.72. The lowest BCUT2D eigenvalue weighted by Crippen LogP contribution is -1.98. The molecule has 0 fully saturated rings. The lowest BCUT2D eigenvalue weighted by atomic mass is 10.2. The van der Waals surface area contributed by atoms with Gasteiger partial charge in [0.05, 0.1) is 11.0 Å². The fourth-order valence-electron chi connectivity index (χ4n) is 1.96. The molecule has 18 heavy (non-hydrogen) atoms. The molecule has 0 radical (unpaired) electrons. The maximum absolute atomic E-state index is 12.8. The summed E-state index contributed by atoms with van der Waals surface area (Å²) in [7, 11) is 0. The van der Waals surface area contributed by atoms with Crippen molar-refractivity contribution in [1.82, 2.24) is 9.55 Å². The predicted octanol–water partition coefficient (Wildman–Crippen LogP) is 3.99. The number of fused-ring (bicyclic) bond motifs is 1. The van der Waals surface area contributed by atoms with Gasteiger partial charge in [0.15, 0.2) is 0 Å². The molecular weight excluding hydrogens is 295 g/mol. The van der Waals surface area contributed by atoms with Crippen molar-refractivity contribution in [2.24, 2.45) is 0 Å². The van der Waals surface area contributed by atoms with E-state index in [1.807, 2.05) is 18.3 Å². The van der Waals surface area contributed by atoms with Gasteiger partial charge < -0.3 is 4.57 Å². The molecule has 0 N–H and O–H groups in total. The minimum atomic E-state index is -0.208. The molecule has 0 amide bonds. The maximum Gasteiger partial charge on any atom is 0.123 e. The zero-order valence-electron chi connectivity index (χ0n) is 9.48. The monoisotopic (exact) mass is 304 g/mol. The SMILES string of the molecule is Fc1ccc(Cn2ccc3ncc(Br)cc32)cc1. The molecule has 4 heteroatoms. The van der Waals surface area contributed by atoms with Gasteiger partial charge in [-0.25, -0.2) is 4.39 Å². The minimum absolute atomic E-state index is 0.208. The summed E-state index contributed by atoms with van der Waals surface area (Å²) >= 11 is 3.42. The van der Waals surface area contributed by atoms with Gasteiger partial charge in [0, 0.05) is 23.4 Å². The number of rotatable bonds is 2. The highest BCUT2D eigenvalue weighted by atomic mass is 79.9. The van der Waals surface area contributed by atoms with Crippen LogP contribution in [0.2, 0.25) is 0 Å². The fourth-order valence-corrected chi connectivity index (χ4v) is 2.28. The summed E-state index contributed by atoms with van der Waals surface area (Å²) in [5.74, 6) is -0.208. The average molecular weight is 305 g/mol. The van der Waals surface area contributed by atoms with Crippen molar-refractivity contribution in [2.75, 3.05) is 0 Å². The Morgan fingerprint density at radius 2 is 1.94 bits per heavy atom. The topological polar surface area (TPSA) is 17.8 Å². The van der Waals surface area contributed by atoms with Crippen LogP contribution in [-0.4, -0.2) is 9.55 Å². The smallest absolute Gasteiger partial charge is 0.123 e. The number of aromatic nitrogens is 2. The van der Waals surface area contributed by atoms with Crippen molar-refractivity contribution in [1.29, 1.82) is 0 Å². The largest absolute Gasteiger partial charge is 0.342 e. The third kappa shape index (κ3) is 2.16. The normalized spacial score (nSPS) is 11.0. The Kier molecular flexibility index (Phi) is 2.88. The van der Waals surface area contributed by atoms with E-state index in [0.717, 1.165) is 21.1 Å². The van der Waals surface area contributed by atoms with Crippen LogP contribution in [0.25, 0.3) is 11.0 Å². The van der Waals surface area contributed by atoms with Gasteiger partial charge in [-0.1, -0.05) is 12.1 Å². The molecule has 0 atom stereocenters. The van der Waals surface area contributed by atoms with E-state index in [0.29, 0.717) is 6.54 Å². The van der Waals surface area contributed by atoms with E-state index in [-0.39, 0.29) is 5.82 Å². The highest BCUT2D eigenvalue weighted by molar-refractivity contribution is 9.10. The van der Waals surface area contributed by atoms with Gasteiger partial charge in [-0.05, 0) is 45.8 Å². The molecule has 3 rings (SSSR count). The molecule has 0 aliphatic carbocycles. The average Bonchev–Trinajstić information content (AvgIpc) is 2.75. The van der Waals surface area contributed by atoms with Crippen LogP contribution in [0.5, 0.6) is 0 Å². The van der Waals surface area contributed by atoms with Gasteiger partial charge in [-0.15, -0.1) is 0 Å². The summed E-state index contributed by atoms with van der Waals surface area (Å²) in [6, 6.07) is 10.6. The van der Waals surface area contributed by atoms with Gasteiger partial charge in [-0.3, -0.25) is 4.98 Å². The van der Waals surface area contributed by atoms with Crippen LogP contribution in [0.1, 0.15) is 5.56 Å². The molecule has 2 nitrogen and oxygen atoms in total. The van der Waals surface area contributed by atoms with Gasteiger partial charge in [-0.2, -0.15) is 0 Å². The molecule has 1 aromatic carbocycles. The zero-order valence-corrected chi connectivity index (χ0v) is 11.1. The van der Waals surface area contributed by atoms with Crippen molar-refractivity contribution >= 4 is 27.0 Å². The first-order valence-electron chi connectivity index (χ1n) is 5.57. The van der Waals surface area contributed by atoms with Crippen LogP contribution in [-0.2, 0) is 6.54 Å². The Morgan fingerprint density at radius 1 is 1.17 bits per heavy atom. The lowest BCUT2D eigenvalue weighted by Gasteiger charge is -2.05. The molecular formula is C14H10BrFN2. The van der Waals surface area contributed by atoms with Crippen molar-refractivity contribution in [3.63, 3.8) is 0 Å². The summed E-state index contributed by atoms with van der Waals surface area (Å²) in [6.07, 6.45) is 3.78. The van der Waals surface area contributed by atoms with Crippen LogP contribution < -0.4 is 0 Å². The molecule has 0 spiro atoms. The highest BCUT2D eigenvalue weighted by Crippen LogP contribution is 2.19. The minimum Gasteiger partial charge on any atom is -0.342 e. The standard InChI is InChI=1S/C14H10BrFN2/c15-11-7-14-13(17-8-11)5-6-18(14)9-10-1-3-12(16)4-2-10/h1-8H,9H2. The Bertz CT molecular complexity index is 689. The maximum atomic E-state index is 12.8. The molecule has 2 aromatic heterocycles. The quantitative estimate of drug-likeness (QED) is 0.700. The van der Waals surface area contributed by atoms with E-state index < -0.39 is 0 Å². The van der Waals surface area contributed by atoms with E-state index in [2.05, 4.69) is 25.5 Å². The van der Waals surface area contributed by atoms with Crippen molar-refractivity contribution in [3.8, 4) is 0 Å². The first kappa shape index (κ1) is 11.4. The molecule has 90 valence electrons. The third-order valence-electron chi connectivity index (χ3n) is 2.85.